The predicted molar refractivity (Wildman–Crippen MR) is 119 cm³/mol. The number of aromatic nitrogens is 1. The van der Waals surface area contributed by atoms with E-state index in [2.05, 4.69) is 5.16 Å². The van der Waals surface area contributed by atoms with Crippen LogP contribution in [0.3, 0.4) is 0 Å². The monoisotopic (exact) mass is 462 g/mol. The van der Waals surface area contributed by atoms with Crippen LogP contribution < -0.4 is 13.8 Å². The molecule has 2 heterocycles. The van der Waals surface area contributed by atoms with Crippen LogP contribution in [0.25, 0.3) is 11.3 Å². The zero-order chi connectivity index (χ0) is 22.3. The molecule has 0 aliphatic carbocycles. The van der Waals surface area contributed by atoms with Gasteiger partial charge >= 0.3 is 0 Å². The molecule has 1 aromatic heterocycles. The van der Waals surface area contributed by atoms with Crippen molar-refractivity contribution in [2.24, 2.45) is 0 Å². The molecule has 31 heavy (non-hydrogen) atoms. The average molecular weight is 463 g/mol. The Morgan fingerprint density at radius 1 is 1.23 bits per heavy atom. The quantitative estimate of drug-likeness (QED) is 0.531. The van der Waals surface area contributed by atoms with Crippen LogP contribution in [0.5, 0.6) is 11.5 Å². The van der Waals surface area contributed by atoms with Gasteiger partial charge in [0.15, 0.2) is 5.76 Å². The van der Waals surface area contributed by atoms with Gasteiger partial charge in [0.2, 0.25) is 0 Å². The van der Waals surface area contributed by atoms with E-state index in [0.717, 1.165) is 11.3 Å². The van der Waals surface area contributed by atoms with E-state index in [4.69, 9.17) is 25.6 Å². The van der Waals surface area contributed by atoms with E-state index in [1.807, 2.05) is 20.8 Å². The maximum atomic E-state index is 13.9. The Hall–Kier alpha value is -2.71. The summed E-state index contributed by atoms with van der Waals surface area (Å²) in [5.74, 6) is 1.23. The maximum Gasteiger partial charge on any atom is 0.268 e. The fourth-order valence-electron chi connectivity index (χ4n) is 3.55. The summed E-state index contributed by atoms with van der Waals surface area (Å²) in [5.41, 5.74) is 2.60. The number of methoxy groups -OCH3 is 1. The first-order chi connectivity index (χ1) is 14.8. The SMILES string of the molecule is CCC1CN(S(=O)(=O)c2cc(-c3onc(C)c3C)ccc2OC)c2cc(Cl)ccc2O1. The van der Waals surface area contributed by atoms with Crippen LogP contribution in [-0.2, 0) is 10.0 Å². The van der Waals surface area contributed by atoms with Gasteiger partial charge in [0.25, 0.3) is 10.0 Å². The molecule has 1 unspecified atom stereocenters. The van der Waals surface area contributed by atoms with Gasteiger partial charge in [0, 0.05) is 16.1 Å². The van der Waals surface area contributed by atoms with Crippen molar-refractivity contribution in [3.63, 3.8) is 0 Å². The number of anilines is 1. The van der Waals surface area contributed by atoms with E-state index in [-0.39, 0.29) is 23.3 Å². The second kappa shape index (κ2) is 8.09. The Morgan fingerprint density at radius 2 is 2.00 bits per heavy atom. The number of fused-ring (bicyclic) bond motifs is 1. The molecule has 0 bridgehead atoms. The lowest BCUT2D eigenvalue weighted by molar-refractivity contribution is 0.195. The van der Waals surface area contributed by atoms with Gasteiger partial charge in [-0.15, -0.1) is 0 Å². The lowest BCUT2D eigenvalue weighted by Gasteiger charge is -2.35. The first-order valence-electron chi connectivity index (χ1n) is 9.86. The molecule has 3 aromatic rings. The van der Waals surface area contributed by atoms with E-state index >= 15 is 0 Å². The number of hydrogen-bond acceptors (Lipinski definition) is 6. The highest BCUT2D eigenvalue weighted by Gasteiger charge is 2.36. The fourth-order valence-corrected chi connectivity index (χ4v) is 5.40. The molecule has 0 saturated carbocycles. The number of halogens is 1. The lowest BCUT2D eigenvalue weighted by Crippen LogP contribution is -2.43. The smallest absolute Gasteiger partial charge is 0.268 e. The van der Waals surface area contributed by atoms with Gasteiger partial charge in [0.05, 0.1) is 25.0 Å². The molecule has 1 atom stereocenters. The van der Waals surface area contributed by atoms with E-state index in [0.29, 0.717) is 34.2 Å². The number of benzene rings is 2. The van der Waals surface area contributed by atoms with Crippen molar-refractivity contribution in [3.05, 3.63) is 52.7 Å². The standard InChI is InChI=1S/C22H23ClN2O5S/c1-5-17-12-25(18-11-16(23)7-9-19(18)29-17)31(26,27)21-10-15(6-8-20(21)28-4)22-13(2)14(3)24-30-22/h6-11,17H,5,12H2,1-4H3. The van der Waals surface area contributed by atoms with Crippen molar-refractivity contribution >= 4 is 27.3 Å². The summed E-state index contributed by atoms with van der Waals surface area (Å²) in [6.45, 7) is 5.83. The van der Waals surface area contributed by atoms with Crippen molar-refractivity contribution in [2.75, 3.05) is 18.0 Å². The van der Waals surface area contributed by atoms with Crippen molar-refractivity contribution < 1.29 is 22.4 Å². The third-order valence-electron chi connectivity index (χ3n) is 5.46. The minimum Gasteiger partial charge on any atom is -0.495 e. The number of aryl methyl sites for hydroxylation is 1. The second-order valence-electron chi connectivity index (χ2n) is 7.38. The number of rotatable bonds is 5. The molecule has 0 spiro atoms. The second-order valence-corrected chi connectivity index (χ2v) is 9.65. The zero-order valence-electron chi connectivity index (χ0n) is 17.7. The zero-order valence-corrected chi connectivity index (χ0v) is 19.2. The van der Waals surface area contributed by atoms with Gasteiger partial charge in [-0.1, -0.05) is 23.7 Å². The van der Waals surface area contributed by atoms with Gasteiger partial charge in [-0.2, -0.15) is 0 Å². The molecule has 9 heteroatoms. The predicted octanol–water partition coefficient (Wildman–Crippen LogP) is 4.99. The van der Waals surface area contributed by atoms with Crippen molar-refractivity contribution in [3.8, 4) is 22.8 Å². The summed E-state index contributed by atoms with van der Waals surface area (Å²) in [6.07, 6.45) is 0.374. The van der Waals surface area contributed by atoms with Gasteiger partial charge in [-0.25, -0.2) is 8.42 Å². The van der Waals surface area contributed by atoms with Crippen LogP contribution >= 0.6 is 11.6 Å². The van der Waals surface area contributed by atoms with Crippen LogP contribution in [0, 0.1) is 13.8 Å². The largest absolute Gasteiger partial charge is 0.495 e. The van der Waals surface area contributed by atoms with E-state index in [9.17, 15) is 8.42 Å². The third-order valence-corrected chi connectivity index (χ3v) is 7.50. The molecule has 0 N–H and O–H groups in total. The molecule has 7 nitrogen and oxygen atoms in total. The summed E-state index contributed by atoms with van der Waals surface area (Å²) in [4.78, 5) is 0.0311. The molecule has 164 valence electrons. The Bertz CT molecular complexity index is 1240. The van der Waals surface area contributed by atoms with Crippen molar-refractivity contribution in [1.29, 1.82) is 0 Å². The molecular formula is C22H23ClN2O5S. The van der Waals surface area contributed by atoms with Crippen LogP contribution in [0.15, 0.2) is 45.8 Å². The first-order valence-corrected chi connectivity index (χ1v) is 11.7. The number of ether oxygens (including phenoxy) is 2. The number of hydrogen-bond donors (Lipinski definition) is 0. The van der Waals surface area contributed by atoms with Crippen LogP contribution in [0.2, 0.25) is 5.02 Å². The van der Waals surface area contributed by atoms with Crippen molar-refractivity contribution in [2.45, 2.75) is 38.2 Å². The fraction of sp³-hybridized carbons (Fsp3) is 0.318. The number of nitrogens with zero attached hydrogens (tertiary/aromatic N) is 2. The first kappa shape index (κ1) is 21.5. The van der Waals surface area contributed by atoms with Crippen LogP contribution in [-0.4, -0.2) is 33.3 Å². The molecule has 0 radical (unpaired) electrons. The molecule has 0 amide bonds. The van der Waals surface area contributed by atoms with Crippen LogP contribution in [0.1, 0.15) is 24.6 Å². The molecule has 0 saturated heterocycles. The van der Waals surface area contributed by atoms with Crippen molar-refractivity contribution in [1.82, 2.24) is 5.16 Å². The minimum atomic E-state index is -4.01. The summed E-state index contributed by atoms with van der Waals surface area (Å²) >= 11 is 6.17. The van der Waals surface area contributed by atoms with Gasteiger partial charge in [0.1, 0.15) is 22.5 Å². The number of sulfonamides is 1. The third kappa shape index (κ3) is 3.74. The van der Waals surface area contributed by atoms with Gasteiger partial charge in [-0.3, -0.25) is 4.31 Å². The molecule has 1 aliphatic heterocycles. The average Bonchev–Trinajstić information content (AvgIpc) is 3.10. The lowest BCUT2D eigenvalue weighted by atomic mass is 10.1. The minimum absolute atomic E-state index is 0.0311. The highest BCUT2D eigenvalue weighted by atomic mass is 35.5. The van der Waals surface area contributed by atoms with E-state index < -0.39 is 10.0 Å². The molecule has 1 aliphatic rings. The van der Waals surface area contributed by atoms with E-state index in [1.54, 1.807) is 36.4 Å². The highest BCUT2D eigenvalue weighted by molar-refractivity contribution is 7.93. The summed E-state index contributed by atoms with van der Waals surface area (Å²) in [7, 11) is -2.57. The summed E-state index contributed by atoms with van der Waals surface area (Å²) in [6, 6.07) is 9.90. The Balaban J connectivity index is 1.88. The van der Waals surface area contributed by atoms with Crippen LogP contribution in [0.4, 0.5) is 5.69 Å². The highest BCUT2D eigenvalue weighted by Crippen LogP contribution is 2.41. The Morgan fingerprint density at radius 3 is 2.65 bits per heavy atom. The molecule has 4 rings (SSSR count). The topological polar surface area (TPSA) is 81.9 Å². The molecule has 0 fully saturated rings. The maximum absolute atomic E-state index is 13.9. The summed E-state index contributed by atoms with van der Waals surface area (Å²) < 4.78 is 45.9. The normalized spacial score (nSPS) is 16.0. The van der Waals surface area contributed by atoms with E-state index in [1.165, 1.54) is 11.4 Å². The molecule has 2 aromatic carbocycles. The summed E-state index contributed by atoms with van der Waals surface area (Å²) in [5, 5.41) is 4.40. The van der Waals surface area contributed by atoms with Gasteiger partial charge in [-0.05, 0) is 56.7 Å². The van der Waals surface area contributed by atoms with Gasteiger partial charge < -0.3 is 14.0 Å². The Labute approximate surface area is 186 Å². The molecular weight excluding hydrogens is 440 g/mol. The Kier molecular flexibility index (Phi) is 5.61.